The highest BCUT2D eigenvalue weighted by Gasteiger charge is 2.26. The van der Waals surface area contributed by atoms with Crippen LogP contribution in [0.15, 0.2) is 18.2 Å². The second-order valence-corrected chi connectivity index (χ2v) is 4.33. The predicted molar refractivity (Wildman–Crippen MR) is 61.6 cm³/mol. The number of nitro benzene ring substituents is 1. The smallest absolute Gasteiger partial charge is 0.323 e. The largest absolute Gasteiger partial charge is 0.480 e. The van der Waals surface area contributed by atoms with Gasteiger partial charge >= 0.3 is 11.7 Å². The lowest BCUT2D eigenvalue weighted by atomic mass is 10.1. The fraction of sp³-hybridized carbons (Fsp3) is 0.364. The number of hydrogen-bond acceptors (Lipinski definition) is 4. The van der Waals surface area contributed by atoms with Crippen molar-refractivity contribution in [3.05, 3.63) is 39.7 Å². The van der Waals surface area contributed by atoms with Gasteiger partial charge in [0.25, 0.3) is 0 Å². The average molecular weight is 256 g/mol. The van der Waals surface area contributed by atoms with E-state index in [0.717, 1.165) is 12.1 Å². The number of nitrogens with zero attached hydrogens (tertiary/aromatic N) is 1. The van der Waals surface area contributed by atoms with Crippen LogP contribution in [0.5, 0.6) is 0 Å². The Morgan fingerprint density at radius 3 is 2.61 bits per heavy atom. The summed E-state index contributed by atoms with van der Waals surface area (Å²) < 4.78 is 13.3. The third-order valence-electron chi connectivity index (χ3n) is 2.48. The molecule has 0 aliphatic rings. The van der Waals surface area contributed by atoms with E-state index in [-0.39, 0.29) is 6.54 Å². The molecule has 0 aliphatic carbocycles. The first-order valence-corrected chi connectivity index (χ1v) is 5.15. The molecule has 0 amide bonds. The lowest BCUT2D eigenvalue weighted by molar-refractivity contribution is -0.387. The Kier molecular flexibility index (Phi) is 3.97. The van der Waals surface area contributed by atoms with E-state index < -0.39 is 27.9 Å². The van der Waals surface area contributed by atoms with Gasteiger partial charge in [-0.25, -0.2) is 0 Å². The molecule has 18 heavy (non-hydrogen) atoms. The molecule has 7 heteroatoms. The van der Waals surface area contributed by atoms with Crippen LogP contribution in [0.3, 0.4) is 0 Å². The molecule has 2 N–H and O–H groups in total. The molecule has 6 nitrogen and oxygen atoms in total. The topological polar surface area (TPSA) is 92.5 Å². The van der Waals surface area contributed by atoms with Gasteiger partial charge in [-0.05, 0) is 25.5 Å². The summed E-state index contributed by atoms with van der Waals surface area (Å²) >= 11 is 0. The van der Waals surface area contributed by atoms with Gasteiger partial charge in [0.05, 0.1) is 4.92 Å². The van der Waals surface area contributed by atoms with Gasteiger partial charge in [0.15, 0.2) is 0 Å². The van der Waals surface area contributed by atoms with E-state index in [1.165, 1.54) is 19.9 Å². The van der Waals surface area contributed by atoms with Crippen molar-refractivity contribution >= 4 is 11.7 Å². The predicted octanol–water partition coefficient (Wildman–Crippen LogP) is 1.69. The summed E-state index contributed by atoms with van der Waals surface area (Å²) in [5.41, 5.74) is -1.32. The Bertz CT molecular complexity index is 488. The average Bonchev–Trinajstić information content (AvgIpc) is 2.25. The summed E-state index contributed by atoms with van der Waals surface area (Å²) in [5.74, 6) is -1.97. The van der Waals surface area contributed by atoms with Crippen LogP contribution < -0.4 is 5.32 Å². The van der Waals surface area contributed by atoms with Crippen LogP contribution in [0.1, 0.15) is 19.4 Å². The number of carboxylic acids is 1. The van der Waals surface area contributed by atoms with Gasteiger partial charge in [0.1, 0.15) is 5.54 Å². The number of carboxylic acid groups (broad SMARTS) is 1. The first-order valence-electron chi connectivity index (χ1n) is 5.15. The Morgan fingerprint density at radius 1 is 1.56 bits per heavy atom. The molecule has 0 unspecified atom stereocenters. The molecule has 0 radical (unpaired) electrons. The van der Waals surface area contributed by atoms with Crippen LogP contribution in [0.25, 0.3) is 0 Å². The molecule has 0 saturated carbocycles. The van der Waals surface area contributed by atoms with E-state index in [1.54, 1.807) is 0 Å². The molecule has 0 spiro atoms. The highest BCUT2D eigenvalue weighted by molar-refractivity contribution is 5.77. The molecule has 98 valence electrons. The molecule has 0 saturated heterocycles. The van der Waals surface area contributed by atoms with Crippen LogP contribution in [-0.4, -0.2) is 21.5 Å². The summed E-state index contributed by atoms with van der Waals surface area (Å²) in [7, 11) is 0. The van der Waals surface area contributed by atoms with E-state index >= 15 is 0 Å². The van der Waals surface area contributed by atoms with Gasteiger partial charge in [-0.3, -0.25) is 20.2 Å². The number of benzene rings is 1. The van der Waals surface area contributed by atoms with Crippen LogP contribution >= 0.6 is 0 Å². The first kappa shape index (κ1) is 14.0. The van der Waals surface area contributed by atoms with Crippen LogP contribution in [-0.2, 0) is 11.3 Å². The minimum absolute atomic E-state index is 0.105. The minimum Gasteiger partial charge on any atom is -0.480 e. The second kappa shape index (κ2) is 5.09. The Balaban J connectivity index is 2.79. The quantitative estimate of drug-likeness (QED) is 0.617. The maximum Gasteiger partial charge on any atom is 0.323 e. The number of nitro groups is 1. The zero-order valence-corrected chi connectivity index (χ0v) is 9.94. The molecule has 0 aromatic heterocycles. The van der Waals surface area contributed by atoms with Crippen LogP contribution in [0.4, 0.5) is 10.1 Å². The monoisotopic (exact) mass is 256 g/mol. The van der Waals surface area contributed by atoms with Gasteiger partial charge < -0.3 is 5.11 Å². The van der Waals surface area contributed by atoms with E-state index in [1.807, 2.05) is 0 Å². The summed E-state index contributed by atoms with van der Waals surface area (Å²) in [6, 6.07) is 3.45. The Hall–Kier alpha value is -2.02. The molecular formula is C11H13FN2O4. The minimum atomic E-state index is -1.15. The van der Waals surface area contributed by atoms with Crippen molar-refractivity contribution in [2.45, 2.75) is 25.9 Å². The van der Waals surface area contributed by atoms with Gasteiger partial charge in [0.2, 0.25) is 5.82 Å². The lowest BCUT2D eigenvalue weighted by Crippen LogP contribution is -2.46. The number of halogens is 1. The fourth-order valence-electron chi connectivity index (χ4n) is 1.21. The maximum atomic E-state index is 13.3. The van der Waals surface area contributed by atoms with Crippen LogP contribution in [0, 0.1) is 15.9 Å². The molecular weight excluding hydrogens is 243 g/mol. The molecule has 1 aromatic rings. The van der Waals surface area contributed by atoms with E-state index in [4.69, 9.17) is 5.11 Å². The van der Waals surface area contributed by atoms with Gasteiger partial charge in [-0.1, -0.05) is 6.07 Å². The molecule has 0 fully saturated rings. The number of nitrogens with one attached hydrogen (secondary N) is 1. The molecule has 0 aliphatic heterocycles. The summed E-state index contributed by atoms with van der Waals surface area (Å²) in [6.45, 7) is 3.04. The Labute approximate surface area is 103 Å². The summed E-state index contributed by atoms with van der Waals surface area (Å²) in [6.07, 6.45) is 0. The Morgan fingerprint density at radius 2 is 2.17 bits per heavy atom. The zero-order chi connectivity index (χ0) is 13.9. The van der Waals surface area contributed by atoms with E-state index in [0.29, 0.717) is 5.56 Å². The molecule has 1 aromatic carbocycles. The van der Waals surface area contributed by atoms with Crippen molar-refractivity contribution < 1.29 is 19.2 Å². The van der Waals surface area contributed by atoms with Crippen molar-refractivity contribution in [1.29, 1.82) is 0 Å². The van der Waals surface area contributed by atoms with E-state index in [2.05, 4.69) is 5.32 Å². The molecule has 0 bridgehead atoms. The number of aliphatic carboxylic acids is 1. The third kappa shape index (κ3) is 3.24. The van der Waals surface area contributed by atoms with Crippen molar-refractivity contribution in [1.82, 2.24) is 5.32 Å². The summed E-state index contributed by atoms with van der Waals surface area (Å²) in [4.78, 5) is 20.4. The van der Waals surface area contributed by atoms with Crippen molar-refractivity contribution in [2.24, 2.45) is 0 Å². The SMILES string of the molecule is CC(C)(NCc1ccc([N+](=O)[O-])c(F)c1)C(=O)O. The zero-order valence-electron chi connectivity index (χ0n) is 9.94. The standard InChI is InChI=1S/C11H13FN2O4/c1-11(2,10(15)16)13-6-7-3-4-9(14(17)18)8(12)5-7/h3-5,13H,6H2,1-2H3,(H,15,16). The molecule has 1 rings (SSSR count). The molecule has 0 heterocycles. The van der Waals surface area contributed by atoms with Crippen molar-refractivity contribution in [3.63, 3.8) is 0 Å². The summed E-state index contributed by atoms with van der Waals surface area (Å²) in [5, 5.41) is 22.0. The number of rotatable bonds is 5. The number of carbonyl (C=O) groups is 1. The normalized spacial score (nSPS) is 11.3. The highest BCUT2D eigenvalue weighted by Crippen LogP contribution is 2.18. The molecule has 0 atom stereocenters. The lowest BCUT2D eigenvalue weighted by Gasteiger charge is -2.20. The van der Waals surface area contributed by atoms with Gasteiger partial charge in [0, 0.05) is 12.6 Å². The highest BCUT2D eigenvalue weighted by atomic mass is 19.1. The first-order chi connectivity index (χ1) is 8.24. The second-order valence-electron chi connectivity index (χ2n) is 4.33. The fourth-order valence-corrected chi connectivity index (χ4v) is 1.21. The van der Waals surface area contributed by atoms with Gasteiger partial charge in [-0.2, -0.15) is 4.39 Å². The van der Waals surface area contributed by atoms with Gasteiger partial charge in [-0.15, -0.1) is 0 Å². The van der Waals surface area contributed by atoms with E-state index in [9.17, 15) is 19.3 Å². The van der Waals surface area contributed by atoms with Crippen molar-refractivity contribution in [2.75, 3.05) is 0 Å². The van der Waals surface area contributed by atoms with Crippen LogP contribution in [0.2, 0.25) is 0 Å². The van der Waals surface area contributed by atoms with Crippen molar-refractivity contribution in [3.8, 4) is 0 Å². The number of hydrogen-bond donors (Lipinski definition) is 2. The third-order valence-corrected chi connectivity index (χ3v) is 2.48. The maximum absolute atomic E-state index is 13.3.